The van der Waals surface area contributed by atoms with Gasteiger partial charge in [-0.3, -0.25) is 9.59 Å². The summed E-state index contributed by atoms with van der Waals surface area (Å²) in [5.41, 5.74) is 2.22. The minimum absolute atomic E-state index is 0.238. The highest BCUT2D eigenvalue weighted by molar-refractivity contribution is 6.01. The molecule has 0 bridgehead atoms. The van der Waals surface area contributed by atoms with Crippen molar-refractivity contribution in [3.63, 3.8) is 0 Å². The zero-order valence-electron chi connectivity index (χ0n) is 18.5. The maximum Gasteiger partial charge on any atom is 0.268 e. The fraction of sp³-hybridized carbons (Fsp3) is 0.333. The molecule has 0 unspecified atom stereocenters. The fourth-order valence-electron chi connectivity index (χ4n) is 3.89. The Balaban J connectivity index is 1.56. The number of hydrogen-bond acceptors (Lipinski definition) is 5. The first-order valence-corrected chi connectivity index (χ1v) is 10.9. The van der Waals surface area contributed by atoms with Crippen molar-refractivity contribution < 1.29 is 18.7 Å². The molecule has 33 heavy (non-hydrogen) atoms. The van der Waals surface area contributed by atoms with E-state index in [1.165, 1.54) is 12.1 Å². The average Bonchev–Trinajstić information content (AvgIpc) is 3.23. The van der Waals surface area contributed by atoms with Crippen molar-refractivity contribution in [1.82, 2.24) is 25.2 Å². The van der Waals surface area contributed by atoms with E-state index in [1.807, 2.05) is 18.4 Å². The first kappa shape index (κ1) is 22.6. The Kier molecular flexibility index (Phi) is 6.79. The van der Waals surface area contributed by atoms with Gasteiger partial charge in [-0.25, -0.2) is 14.4 Å². The number of fused-ring (bicyclic) bond motifs is 1. The Morgan fingerprint density at radius 1 is 1.15 bits per heavy atom. The molecule has 0 radical (unpaired) electrons. The minimum Gasteiger partial charge on any atom is -0.373 e. The van der Waals surface area contributed by atoms with Crippen LogP contribution in [0.2, 0.25) is 0 Å². The molecule has 3 heterocycles. The van der Waals surface area contributed by atoms with Crippen LogP contribution < -0.4 is 10.6 Å². The standard InChI is InChI=1S/C24H26FN5O3/c1-3-19(22-26-9-4-10-27-22)29-23(31)18-13-20(30-11-12-33-14-21(18)30)24(32)28-15(2)16-5-7-17(25)8-6-16/h4-10,13,15,19H,3,11-12,14H2,1-2H3,(H,28,32)(H,29,31)/t15-,19+/m1/s1. The number of rotatable bonds is 7. The van der Waals surface area contributed by atoms with Gasteiger partial charge in [0.25, 0.3) is 11.8 Å². The molecule has 1 aromatic carbocycles. The first-order chi connectivity index (χ1) is 16.0. The van der Waals surface area contributed by atoms with E-state index in [1.54, 1.807) is 36.7 Å². The molecule has 2 N–H and O–H groups in total. The van der Waals surface area contributed by atoms with Gasteiger partial charge in [-0.1, -0.05) is 19.1 Å². The predicted molar refractivity (Wildman–Crippen MR) is 119 cm³/mol. The van der Waals surface area contributed by atoms with Crippen LogP contribution in [0.25, 0.3) is 0 Å². The summed E-state index contributed by atoms with van der Waals surface area (Å²) in [6, 6.07) is 8.63. The van der Waals surface area contributed by atoms with Crippen molar-refractivity contribution in [1.29, 1.82) is 0 Å². The lowest BCUT2D eigenvalue weighted by atomic mass is 10.1. The number of carbonyl (C=O) groups excluding carboxylic acids is 2. The predicted octanol–water partition coefficient (Wildman–Crippen LogP) is 3.32. The van der Waals surface area contributed by atoms with Gasteiger partial charge < -0.3 is 19.9 Å². The van der Waals surface area contributed by atoms with E-state index in [0.717, 1.165) is 5.56 Å². The normalized spacial score (nSPS) is 14.8. The van der Waals surface area contributed by atoms with Crippen LogP contribution in [0.4, 0.5) is 4.39 Å². The Hall–Kier alpha value is -3.59. The summed E-state index contributed by atoms with van der Waals surface area (Å²) in [5.74, 6) is -0.426. The number of nitrogens with one attached hydrogen (secondary N) is 2. The first-order valence-electron chi connectivity index (χ1n) is 10.9. The second kappa shape index (κ2) is 9.91. The maximum absolute atomic E-state index is 13.2. The molecule has 0 spiro atoms. The third-order valence-corrected chi connectivity index (χ3v) is 5.71. The Morgan fingerprint density at radius 2 is 1.88 bits per heavy atom. The Bertz CT molecular complexity index is 1130. The van der Waals surface area contributed by atoms with Crippen LogP contribution in [0, 0.1) is 5.82 Å². The van der Waals surface area contributed by atoms with Gasteiger partial charge >= 0.3 is 0 Å². The van der Waals surface area contributed by atoms with Crippen molar-refractivity contribution in [3.8, 4) is 0 Å². The molecule has 172 valence electrons. The second-order valence-corrected chi connectivity index (χ2v) is 7.88. The molecule has 0 aliphatic carbocycles. The van der Waals surface area contributed by atoms with Gasteiger partial charge in [-0.15, -0.1) is 0 Å². The van der Waals surface area contributed by atoms with E-state index < -0.39 is 0 Å². The Labute approximate surface area is 191 Å². The van der Waals surface area contributed by atoms with Gasteiger partial charge in [-0.05, 0) is 43.2 Å². The number of hydrogen-bond donors (Lipinski definition) is 2. The molecule has 2 atom stereocenters. The van der Waals surface area contributed by atoms with Crippen LogP contribution in [-0.4, -0.2) is 33.0 Å². The number of aromatic nitrogens is 3. The number of carbonyl (C=O) groups is 2. The lowest BCUT2D eigenvalue weighted by Crippen LogP contribution is -2.31. The zero-order chi connectivity index (χ0) is 23.4. The van der Waals surface area contributed by atoms with Crippen molar-refractivity contribution in [2.24, 2.45) is 0 Å². The molecule has 0 fully saturated rings. The molecule has 2 aromatic heterocycles. The highest BCUT2D eigenvalue weighted by Crippen LogP contribution is 2.23. The molecule has 1 aliphatic heterocycles. The molecule has 8 nitrogen and oxygen atoms in total. The van der Waals surface area contributed by atoms with Gasteiger partial charge in [-0.2, -0.15) is 0 Å². The van der Waals surface area contributed by atoms with Gasteiger partial charge in [0, 0.05) is 18.9 Å². The lowest BCUT2D eigenvalue weighted by Gasteiger charge is -2.21. The van der Waals surface area contributed by atoms with E-state index in [4.69, 9.17) is 4.74 Å². The summed E-state index contributed by atoms with van der Waals surface area (Å²) in [7, 11) is 0. The van der Waals surface area contributed by atoms with Crippen LogP contribution in [0.5, 0.6) is 0 Å². The highest BCUT2D eigenvalue weighted by Gasteiger charge is 2.28. The fourth-order valence-corrected chi connectivity index (χ4v) is 3.89. The van der Waals surface area contributed by atoms with Gasteiger partial charge in [0.2, 0.25) is 0 Å². The van der Waals surface area contributed by atoms with E-state index in [9.17, 15) is 14.0 Å². The number of benzene rings is 1. The molecule has 0 saturated heterocycles. The summed E-state index contributed by atoms with van der Waals surface area (Å²) in [5, 5.41) is 5.91. The van der Waals surface area contributed by atoms with Gasteiger partial charge in [0.15, 0.2) is 0 Å². The highest BCUT2D eigenvalue weighted by atomic mass is 19.1. The molecule has 1 aliphatic rings. The third-order valence-electron chi connectivity index (χ3n) is 5.71. The largest absolute Gasteiger partial charge is 0.373 e. The molecular formula is C24H26FN5O3. The average molecular weight is 452 g/mol. The van der Waals surface area contributed by atoms with Gasteiger partial charge in [0.05, 0.1) is 36.6 Å². The number of ether oxygens (including phenoxy) is 1. The summed E-state index contributed by atoms with van der Waals surface area (Å²) < 4.78 is 20.6. The minimum atomic E-state index is -0.352. The van der Waals surface area contributed by atoms with Crippen LogP contribution in [0.3, 0.4) is 0 Å². The van der Waals surface area contributed by atoms with E-state index in [-0.39, 0.29) is 36.3 Å². The number of amides is 2. The molecule has 9 heteroatoms. The van der Waals surface area contributed by atoms with Gasteiger partial charge in [0.1, 0.15) is 17.3 Å². The third kappa shape index (κ3) is 4.93. The topological polar surface area (TPSA) is 98.1 Å². The number of halogens is 1. The van der Waals surface area contributed by atoms with E-state index in [0.29, 0.717) is 42.3 Å². The Morgan fingerprint density at radius 3 is 2.58 bits per heavy atom. The van der Waals surface area contributed by atoms with Crippen LogP contribution in [0.1, 0.15) is 70.3 Å². The van der Waals surface area contributed by atoms with Crippen molar-refractivity contribution >= 4 is 11.8 Å². The monoisotopic (exact) mass is 451 g/mol. The van der Waals surface area contributed by atoms with E-state index in [2.05, 4.69) is 20.6 Å². The molecule has 2 amide bonds. The summed E-state index contributed by atoms with van der Waals surface area (Å²) in [6.07, 6.45) is 3.89. The van der Waals surface area contributed by atoms with E-state index >= 15 is 0 Å². The lowest BCUT2D eigenvalue weighted by molar-refractivity contribution is 0.0774. The molecule has 3 aromatic rings. The smallest absolute Gasteiger partial charge is 0.268 e. The van der Waals surface area contributed by atoms with Crippen molar-refractivity contribution in [2.75, 3.05) is 6.61 Å². The molecular weight excluding hydrogens is 425 g/mol. The molecule has 0 saturated carbocycles. The SMILES string of the molecule is CC[C@H](NC(=O)c1cc(C(=O)N[C@H](C)c2ccc(F)cc2)n2c1COCC2)c1ncccn1. The van der Waals surface area contributed by atoms with Crippen LogP contribution in [0.15, 0.2) is 48.8 Å². The van der Waals surface area contributed by atoms with Crippen molar-refractivity contribution in [3.05, 3.63) is 82.9 Å². The maximum atomic E-state index is 13.2. The number of nitrogens with zero attached hydrogens (tertiary/aromatic N) is 3. The molecule has 4 rings (SSSR count). The quantitative estimate of drug-likeness (QED) is 0.574. The zero-order valence-corrected chi connectivity index (χ0v) is 18.5. The summed E-state index contributed by atoms with van der Waals surface area (Å²) in [6.45, 7) is 4.92. The summed E-state index contributed by atoms with van der Waals surface area (Å²) in [4.78, 5) is 34.8. The second-order valence-electron chi connectivity index (χ2n) is 7.88. The van der Waals surface area contributed by atoms with Crippen LogP contribution in [-0.2, 0) is 17.9 Å². The summed E-state index contributed by atoms with van der Waals surface area (Å²) >= 11 is 0. The van der Waals surface area contributed by atoms with Crippen LogP contribution >= 0.6 is 0 Å². The van der Waals surface area contributed by atoms with Crippen molar-refractivity contribution in [2.45, 2.75) is 45.5 Å².